The predicted molar refractivity (Wildman–Crippen MR) is 57.8 cm³/mol. The number of anilines is 1. The summed E-state index contributed by atoms with van der Waals surface area (Å²) in [4.78, 5) is 3.46. The maximum Gasteiger partial charge on any atom is 0.573 e. The molecule has 0 unspecified atom stereocenters. The van der Waals surface area contributed by atoms with E-state index in [1.165, 1.54) is 12.1 Å². The summed E-state index contributed by atoms with van der Waals surface area (Å²) in [5.74, 6) is -0.667. The van der Waals surface area contributed by atoms with Crippen LogP contribution in [0.25, 0.3) is 10.9 Å². The van der Waals surface area contributed by atoms with Crippen molar-refractivity contribution in [2.24, 2.45) is 0 Å². The summed E-state index contributed by atoms with van der Waals surface area (Å²) in [6, 6.07) is 4.54. The molecule has 1 aromatic carbocycles. The van der Waals surface area contributed by atoms with Crippen LogP contribution < -0.4 is 10.5 Å². The molecule has 0 aliphatic rings. The zero-order chi connectivity index (χ0) is 14.2. The molecule has 0 radical (unpaired) electrons. The van der Waals surface area contributed by atoms with Gasteiger partial charge < -0.3 is 10.5 Å². The standard InChI is InChI=1S/C11H7F5N2O/c12-10(13)7-4-6(17)5-2-1-3-8(9(5)18-7)19-11(14,15)16/h1-4,10H,(H2,17,18). The number of rotatable bonds is 2. The van der Waals surface area contributed by atoms with Gasteiger partial charge in [-0.3, -0.25) is 0 Å². The van der Waals surface area contributed by atoms with Gasteiger partial charge in [-0.25, -0.2) is 13.8 Å². The average Bonchev–Trinajstić information content (AvgIpc) is 2.27. The van der Waals surface area contributed by atoms with Gasteiger partial charge in [0.05, 0.1) is 0 Å². The summed E-state index contributed by atoms with van der Waals surface area (Å²) in [5.41, 5.74) is 4.37. The Bertz CT molecular complexity index is 612. The summed E-state index contributed by atoms with van der Waals surface area (Å²) in [6.07, 6.45) is -7.88. The van der Waals surface area contributed by atoms with E-state index in [1.54, 1.807) is 0 Å². The Morgan fingerprint density at radius 2 is 1.89 bits per heavy atom. The van der Waals surface area contributed by atoms with E-state index < -0.39 is 24.2 Å². The molecule has 0 aliphatic carbocycles. The zero-order valence-corrected chi connectivity index (χ0v) is 9.21. The van der Waals surface area contributed by atoms with Crippen molar-refractivity contribution in [2.75, 3.05) is 5.73 Å². The van der Waals surface area contributed by atoms with Crippen LogP contribution in [-0.4, -0.2) is 11.3 Å². The summed E-state index contributed by atoms with van der Waals surface area (Å²) in [5, 5.41) is 0.117. The van der Waals surface area contributed by atoms with Crippen LogP contribution in [0.5, 0.6) is 5.75 Å². The van der Waals surface area contributed by atoms with Gasteiger partial charge in [0.2, 0.25) is 0 Å². The quantitative estimate of drug-likeness (QED) is 0.853. The van der Waals surface area contributed by atoms with Crippen LogP contribution in [0.2, 0.25) is 0 Å². The first-order valence-corrected chi connectivity index (χ1v) is 5.01. The summed E-state index contributed by atoms with van der Waals surface area (Å²) in [6.45, 7) is 0. The number of nitrogen functional groups attached to an aromatic ring is 1. The second-order valence-corrected chi connectivity index (χ2v) is 3.64. The molecular weight excluding hydrogens is 271 g/mol. The molecule has 2 aromatic rings. The molecule has 0 bridgehead atoms. The van der Waals surface area contributed by atoms with Crippen molar-refractivity contribution in [3.8, 4) is 5.75 Å². The van der Waals surface area contributed by atoms with E-state index >= 15 is 0 Å². The normalized spacial score (nSPS) is 12.1. The highest BCUT2D eigenvalue weighted by Crippen LogP contribution is 2.33. The molecule has 2 N–H and O–H groups in total. The number of alkyl halides is 5. The maximum absolute atomic E-state index is 12.6. The minimum Gasteiger partial charge on any atom is -0.403 e. The second-order valence-electron chi connectivity index (χ2n) is 3.64. The lowest BCUT2D eigenvalue weighted by molar-refractivity contribution is -0.274. The van der Waals surface area contributed by atoms with Crippen molar-refractivity contribution in [3.63, 3.8) is 0 Å². The van der Waals surface area contributed by atoms with E-state index in [2.05, 4.69) is 9.72 Å². The van der Waals surface area contributed by atoms with Crippen LogP contribution >= 0.6 is 0 Å². The van der Waals surface area contributed by atoms with E-state index in [4.69, 9.17) is 5.73 Å². The molecule has 8 heteroatoms. The number of aromatic nitrogens is 1. The maximum atomic E-state index is 12.6. The molecule has 1 aromatic heterocycles. The Hall–Kier alpha value is -2.12. The number of nitrogens with zero attached hydrogens (tertiary/aromatic N) is 1. The Morgan fingerprint density at radius 3 is 2.47 bits per heavy atom. The fraction of sp³-hybridized carbons (Fsp3) is 0.182. The first-order valence-electron chi connectivity index (χ1n) is 5.01. The molecule has 0 fully saturated rings. The number of halogens is 5. The third-order valence-corrected chi connectivity index (χ3v) is 2.30. The molecular formula is C11H7F5N2O. The van der Waals surface area contributed by atoms with E-state index in [9.17, 15) is 22.0 Å². The molecule has 0 saturated heterocycles. The Balaban J connectivity index is 2.65. The lowest BCUT2D eigenvalue weighted by Crippen LogP contribution is -2.17. The van der Waals surface area contributed by atoms with Gasteiger partial charge in [-0.15, -0.1) is 13.2 Å². The van der Waals surface area contributed by atoms with Crippen LogP contribution in [0.3, 0.4) is 0 Å². The number of pyridine rings is 1. The molecule has 0 saturated carbocycles. The van der Waals surface area contributed by atoms with Crippen LogP contribution in [0, 0.1) is 0 Å². The SMILES string of the molecule is Nc1cc(C(F)F)nc2c(OC(F)(F)F)cccc12. The highest BCUT2D eigenvalue weighted by Gasteiger charge is 2.32. The van der Waals surface area contributed by atoms with Crippen molar-refractivity contribution < 1.29 is 26.7 Å². The fourth-order valence-electron chi connectivity index (χ4n) is 1.59. The third kappa shape index (κ3) is 2.83. The Labute approximate surface area is 103 Å². The van der Waals surface area contributed by atoms with Gasteiger partial charge in [-0.05, 0) is 12.1 Å². The molecule has 0 spiro atoms. The number of hydrogen-bond donors (Lipinski definition) is 1. The minimum atomic E-state index is -4.94. The molecule has 102 valence electrons. The number of fused-ring (bicyclic) bond motifs is 1. The van der Waals surface area contributed by atoms with Gasteiger partial charge in [-0.2, -0.15) is 0 Å². The number of hydrogen-bond acceptors (Lipinski definition) is 3. The van der Waals surface area contributed by atoms with Gasteiger partial charge in [0.25, 0.3) is 6.43 Å². The first kappa shape index (κ1) is 13.3. The van der Waals surface area contributed by atoms with Crippen molar-refractivity contribution in [1.82, 2.24) is 4.98 Å². The van der Waals surface area contributed by atoms with Crippen LogP contribution in [0.4, 0.5) is 27.6 Å². The molecule has 0 aliphatic heterocycles. The smallest absolute Gasteiger partial charge is 0.403 e. The van der Waals surface area contributed by atoms with Crippen LogP contribution in [-0.2, 0) is 0 Å². The topological polar surface area (TPSA) is 48.1 Å². The number of benzene rings is 1. The molecule has 0 atom stereocenters. The first-order chi connectivity index (χ1) is 8.78. The van der Waals surface area contributed by atoms with Crippen molar-refractivity contribution >= 4 is 16.6 Å². The lowest BCUT2D eigenvalue weighted by Gasteiger charge is -2.12. The largest absolute Gasteiger partial charge is 0.573 e. The second kappa shape index (κ2) is 4.52. The summed E-state index contributed by atoms with van der Waals surface area (Å²) < 4.78 is 65.5. The van der Waals surface area contributed by atoms with Gasteiger partial charge in [0, 0.05) is 11.1 Å². The van der Waals surface area contributed by atoms with Gasteiger partial charge in [-0.1, -0.05) is 12.1 Å². The highest BCUT2D eigenvalue weighted by molar-refractivity contribution is 5.94. The average molecular weight is 278 g/mol. The minimum absolute atomic E-state index is 0.0899. The predicted octanol–water partition coefficient (Wildman–Crippen LogP) is 3.65. The number of para-hydroxylation sites is 1. The Morgan fingerprint density at radius 1 is 1.21 bits per heavy atom. The number of nitrogens with two attached hydrogens (primary N) is 1. The number of ether oxygens (including phenoxy) is 1. The van der Waals surface area contributed by atoms with Crippen molar-refractivity contribution in [3.05, 3.63) is 30.0 Å². The molecule has 3 nitrogen and oxygen atoms in total. The van der Waals surface area contributed by atoms with Crippen molar-refractivity contribution in [2.45, 2.75) is 12.8 Å². The monoisotopic (exact) mass is 278 g/mol. The van der Waals surface area contributed by atoms with E-state index in [-0.39, 0.29) is 16.6 Å². The molecule has 0 amide bonds. The van der Waals surface area contributed by atoms with Gasteiger partial charge >= 0.3 is 6.36 Å². The fourth-order valence-corrected chi connectivity index (χ4v) is 1.59. The summed E-state index contributed by atoms with van der Waals surface area (Å²) >= 11 is 0. The zero-order valence-electron chi connectivity index (χ0n) is 9.21. The van der Waals surface area contributed by atoms with Crippen molar-refractivity contribution in [1.29, 1.82) is 0 Å². The third-order valence-electron chi connectivity index (χ3n) is 2.30. The summed E-state index contributed by atoms with van der Waals surface area (Å²) in [7, 11) is 0. The van der Waals surface area contributed by atoms with E-state index in [0.717, 1.165) is 12.1 Å². The van der Waals surface area contributed by atoms with Gasteiger partial charge in [0.1, 0.15) is 11.2 Å². The Kier molecular flexibility index (Phi) is 3.17. The lowest BCUT2D eigenvalue weighted by atomic mass is 10.1. The van der Waals surface area contributed by atoms with E-state index in [0.29, 0.717) is 0 Å². The highest BCUT2D eigenvalue weighted by atomic mass is 19.4. The van der Waals surface area contributed by atoms with E-state index in [1.807, 2.05) is 0 Å². The van der Waals surface area contributed by atoms with Crippen LogP contribution in [0.15, 0.2) is 24.3 Å². The molecule has 2 rings (SSSR count). The molecule has 1 heterocycles. The van der Waals surface area contributed by atoms with Crippen LogP contribution in [0.1, 0.15) is 12.1 Å². The van der Waals surface area contributed by atoms with Gasteiger partial charge in [0.15, 0.2) is 5.75 Å². The molecule has 19 heavy (non-hydrogen) atoms.